The lowest BCUT2D eigenvalue weighted by Crippen LogP contribution is -2.31. The third-order valence-corrected chi connectivity index (χ3v) is 2.26. The highest BCUT2D eigenvalue weighted by atomic mass is 16.5. The summed E-state index contributed by atoms with van der Waals surface area (Å²) in [5.74, 6) is -0.00651. The van der Waals surface area contributed by atoms with Gasteiger partial charge in [-0.1, -0.05) is 0 Å². The van der Waals surface area contributed by atoms with E-state index in [1.807, 2.05) is 0 Å². The molecule has 0 aliphatic carbocycles. The first-order valence-corrected chi connectivity index (χ1v) is 5.06. The van der Waals surface area contributed by atoms with Crippen LogP contribution >= 0.6 is 0 Å². The molecule has 80 valence electrons. The zero-order valence-electron chi connectivity index (χ0n) is 8.54. The van der Waals surface area contributed by atoms with Gasteiger partial charge in [0.2, 0.25) is 5.91 Å². The molecular weight excluding hydrogens is 182 g/mol. The van der Waals surface area contributed by atoms with Crippen LogP contribution in [0.15, 0.2) is 0 Å². The SMILES string of the molecule is CC(=O)CCC(=O)NCC1CCCO1. The monoisotopic (exact) mass is 199 g/mol. The smallest absolute Gasteiger partial charge is 0.220 e. The summed E-state index contributed by atoms with van der Waals surface area (Å²) in [7, 11) is 0. The van der Waals surface area contributed by atoms with Crippen molar-refractivity contribution in [2.24, 2.45) is 0 Å². The number of Topliss-reactive ketones (excluding diaryl/α,β-unsaturated/α-hetero) is 1. The fraction of sp³-hybridized carbons (Fsp3) is 0.800. The van der Waals surface area contributed by atoms with Crippen molar-refractivity contribution >= 4 is 11.7 Å². The first kappa shape index (κ1) is 11.2. The van der Waals surface area contributed by atoms with Crippen molar-refractivity contribution in [3.8, 4) is 0 Å². The Labute approximate surface area is 84.0 Å². The molecule has 0 spiro atoms. The van der Waals surface area contributed by atoms with E-state index in [-0.39, 0.29) is 17.8 Å². The minimum atomic E-state index is -0.0595. The van der Waals surface area contributed by atoms with Gasteiger partial charge in [-0.3, -0.25) is 4.79 Å². The molecule has 0 saturated carbocycles. The Balaban J connectivity index is 2.05. The van der Waals surface area contributed by atoms with Crippen molar-refractivity contribution in [2.45, 2.75) is 38.7 Å². The van der Waals surface area contributed by atoms with Crippen molar-refractivity contribution in [3.05, 3.63) is 0 Å². The molecule has 0 aromatic heterocycles. The van der Waals surface area contributed by atoms with Gasteiger partial charge < -0.3 is 14.8 Å². The molecule has 14 heavy (non-hydrogen) atoms. The molecule has 0 aromatic rings. The maximum atomic E-state index is 11.2. The fourth-order valence-electron chi connectivity index (χ4n) is 1.41. The molecule has 1 heterocycles. The van der Waals surface area contributed by atoms with Crippen LogP contribution in [0.1, 0.15) is 32.6 Å². The van der Waals surface area contributed by atoms with E-state index in [2.05, 4.69) is 5.32 Å². The summed E-state index contributed by atoms with van der Waals surface area (Å²) in [5, 5.41) is 2.76. The van der Waals surface area contributed by atoms with Gasteiger partial charge in [0.05, 0.1) is 6.10 Å². The molecular formula is C10H17NO3. The van der Waals surface area contributed by atoms with E-state index in [1.54, 1.807) is 0 Å². The molecule has 0 aromatic carbocycles. The summed E-state index contributed by atoms with van der Waals surface area (Å²) in [6.07, 6.45) is 2.90. The van der Waals surface area contributed by atoms with Crippen LogP contribution in [0.5, 0.6) is 0 Å². The second-order valence-corrected chi connectivity index (χ2v) is 3.64. The average molecular weight is 199 g/mol. The molecule has 1 saturated heterocycles. The molecule has 4 nitrogen and oxygen atoms in total. The molecule has 0 bridgehead atoms. The van der Waals surface area contributed by atoms with Gasteiger partial charge in [-0.05, 0) is 19.8 Å². The topological polar surface area (TPSA) is 55.4 Å². The van der Waals surface area contributed by atoms with Crippen LogP contribution in [0.2, 0.25) is 0 Å². The minimum absolute atomic E-state index is 0.0530. The van der Waals surface area contributed by atoms with Gasteiger partial charge in [0.15, 0.2) is 0 Å². The maximum Gasteiger partial charge on any atom is 0.220 e. The number of nitrogens with one attached hydrogen (secondary N) is 1. The summed E-state index contributed by atoms with van der Waals surface area (Å²) in [6.45, 7) is 2.87. The molecule has 0 radical (unpaired) electrons. The third-order valence-electron chi connectivity index (χ3n) is 2.26. The van der Waals surface area contributed by atoms with E-state index < -0.39 is 0 Å². The molecule has 1 aliphatic heterocycles. The number of hydrogen-bond donors (Lipinski definition) is 1. The predicted octanol–water partition coefficient (Wildman–Crippen LogP) is 0.651. The second-order valence-electron chi connectivity index (χ2n) is 3.64. The Kier molecular flexibility index (Phi) is 4.59. The van der Waals surface area contributed by atoms with Crippen LogP contribution in [0.25, 0.3) is 0 Å². The summed E-state index contributed by atoms with van der Waals surface area (Å²) >= 11 is 0. The van der Waals surface area contributed by atoms with Crippen molar-refractivity contribution in [1.82, 2.24) is 5.32 Å². The second kappa shape index (κ2) is 5.75. The zero-order valence-corrected chi connectivity index (χ0v) is 8.54. The molecule has 1 atom stereocenters. The number of ether oxygens (including phenoxy) is 1. The van der Waals surface area contributed by atoms with Crippen LogP contribution in [-0.2, 0) is 14.3 Å². The summed E-state index contributed by atoms with van der Waals surface area (Å²) in [5.41, 5.74) is 0. The lowest BCUT2D eigenvalue weighted by atomic mass is 10.2. The Hall–Kier alpha value is -0.900. The molecule has 1 rings (SSSR count). The maximum absolute atomic E-state index is 11.2. The highest BCUT2D eigenvalue weighted by molar-refractivity contribution is 5.83. The standard InChI is InChI=1S/C10H17NO3/c1-8(12)4-5-10(13)11-7-9-3-2-6-14-9/h9H,2-7H2,1H3,(H,11,13). The summed E-state index contributed by atoms with van der Waals surface area (Å²) in [6, 6.07) is 0. The van der Waals surface area contributed by atoms with Gasteiger partial charge in [0.1, 0.15) is 5.78 Å². The van der Waals surface area contributed by atoms with Gasteiger partial charge in [-0.2, -0.15) is 0 Å². The van der Waals surface area contributed by atoms with Crippen molar-refractivity contribution in [3.63, 3.8) is 0 Å². The van der Waals surface area contributed by atoms with E-state index in [4.69, 9.17) is 4.74 Å². The van der Waals surface area contributed by atoms with Gasteiger partial charge in [0, 0.05) is 26.0 Å². The quantitative estimate of drug-likeness (QED) is 0.707. The molecule has 1 fully saturated rings. The highest BCUT2D eigenvalue weighted by Gasteiger charge is 2.15. The number of carbonyl (C=O) groups is 2. The Bertz CT molecular complexity index is 209. The largest absolute Gasteiger partial charge is 0.376 e. The lowest BCUT2D eigenvalue weighted by molar-refractivity contribution is -0.125. The van der Waals surface area contributed by atoms with Crippen LogP contribution in [0.3, 0.4) is 0 Å². The number of carbonyl (C=O) groups excluding carboxylic acids is 2. The first-order valence-electron chi connectivity index (χ1n) is 5.06. The van der Waals surface area contributed by atoms with Crippen molar-refractivity contribution in [1.29, 1.82) is 0 Å². The van der Waals surface area contributed by atoms with E-state index >= 15 is 0 Å². The summed E-state index contributed by atoms with van der Waals surface area (Å²) in [4.78, 5) is 21.8. The molecule has 1 amide bonds. The number of rotatable bonds is 5. The van der Waals surface area contributed by atoms with Crippen molar-refractivity contribution in [2.75, 3.05) is 13.2 Å². The highest BCUT2D eigenvalue weighted by Crippen LogP contribution is 2.10. The van der Waals surface area contributed by atoms with E-state index in [0.29, 0.717) is 19.4 Å². The van der Waals surface area contributed by atoms with Crippen LogP contribution in [-0.4, -0.2) is 30.9 Å². The summed E-state index contributed by atoms with van der Waals surface area (Å²) < 4.78 is 5.35. The van der Waals surface area contributed by atoms with Gasteiger partial charge in [-0.15, -0.1) is 0 Å². The van der Waals surface area contributed by atoms with Gasteiger partial charge in [0.25, 0.3) is 0 Å². The fourth-order valence-corrected chi connectivity index (χ4v) is 1.41. The Morgan fingerprint density at radius 3 is 2.79 bits per heavy atom. The zero-order chi connectivity index (χ0) is 10.4. The lowest BCUT2D eigenvalue weighted by Gasteiger charge is -2.10. The van der Waals surface area contributed by atoms with Crippen LogP contribution in [0.4, 0.5) is 0 Å². The van der Waals surface area contributed by atoms with E-state index in [1.165, 1.54) is 6.92 Å². The average Bonchev–Trinajstić information content (AvgIpc) is 2.63. The molecule has 1 aliphatic rings. The van der Waals surface area contributed by atoms with Crippen LogP contribution in [0, 0.1) is 0 Å². The predicted molar refractivity (Wildman–Crippen MR) is 51.9 cm³/mol. The third kappa shape index (κ3) is 4.37. The Morgan fingerprint density at radius 1 is 1.43 bits per heavy atom. The minimum Gasteiger partial charge on any atom is -0.376 e. The number of amides is 1. The molecule has 1 N–H and O–H groups in total. The van der Waals surface area contributed by atoms with Crippen LogP contribution < -0.4 is 5.32 Å². The molecule has 1 unspecified atom stereocenters. The normalized spacial score (nSPS) is 20.8. The van der Waals surface area contributed by atoms with E-state index in [9.17, 15) is 9.59 Å². The first-order chi connectivity index (χ1) is 6.68. The van der Waals surface area contributed by atoms with E-state index in [0.717, 1.165) is 19.4 Å². The Morgan fingerprint density at radius 2 is 2.21 bits per heavy atom. The van der Waals surface area contributed by atoms with Crippen molar-refractivity contribution < 1.29 is 14.3 Å². The molecule has 4 heteroatoms. The van der Waals surface area contributed by atoms with Gasteiger partial charge in [-0.25, -0.2) is 0 Å². The number of ketones is 1. The van der Waals surface area contributed by atoms with Gasteiger partial charge >= 0.3 is 0 Å². The number of hydrogen-bond acceptors (Lipinski definition) is 3.